The van der Waals surface area contributed by atoms with Crippen LogP contribution in [0.4, 0.5) is 0 Å². The molecule has 0 spiro atoms. The zero-order valence-corrected chi connectivity index (χ0v) is 8.89. The Morgan fingerprint density at radius 3 is 2.86 bits per heavy atom. The molecule has 0 aliphatic rings. The van der Waals surface area contributed by atoms with Gasteiger partial charge >= 0.3 is 0 Å². The smallest absolute Gasteiger partial charge is 0.257 e. The Kier molecular flexibility index (Phi) is 3.77. The normalized spacial score (nSPS) is 9.64. The molecule has 0 radical (unpaired) electrons. The van der Waals surface area contributed by atoms with Crippen molar-refractivity contribution in [2.75, 3.05) is 13.7 Å². The van der Waals surface area contributed by atoms with Crippen LogP contribution in [0.25, 0.3) is 0 Å². The summed E-state index contributed by atoms with van der Waals surface area (Å²) in [5.74, 6) is 0.494. The third kappa shape index (κ3) is 2.92. The number of ether oxygens (including phenoxy) is 1. The number of amides is 1. The highest BCUT2D eigenvalue weighted by Crippen LogP contribution is 2.20. The van der Waals surface area contributed by atoms with Gasteiger partial charge in [0.2, 0.25) is 0 Å². The molecule has 0 atom stereocenters. The van der Waals surface area contributed by atoms with E-state index in [1.54, 1.807) is 25.2 Å². The Morgan fingerprint density at radius 2 is 2.29 bits per heavy atom. The Balaban J connectivity index is 2.60. The molecule has 76 valence electrons. The van der Waals surface area contributed by atoms with Gasteiger partial charge in [-0.15, -0.1) is 0 Å². The van der Waals surface area contributed by atoms with E-state index in [4.69, 9.17) is 16.3 Å². The Labute approximate surface area is 88.0 Å². The zero-order chi connectivity index (χ0) is 10.6. The quantitative estimate of drug-likeness (QED) is 0.831. The molecule has 0 aliphatic heterocycles. The Bertz CT molecular complexity index is 339. The van der Waals surface area contributed by atoms with Gasteiger partial charge in [-0.1, -0.05) is 11.6 Å². The summed E-state index contributed by atoms with van der Waals surface area (Å²) in [6, 6.07) is 5.28. The number of hydrogen-bond donors (Lipinski definition) is 1. The maximum absolute atomic E-state index is 10.9. The molecule has 4 heteroatoms. The molecule has 0 saturated carbocycles. The standard InChI is InChI=1S/C10H12ClNO2/c1-7-5-8(3-4-9(7)11)14-6-10(13)12-2/h3-5H,6H2,1-2H3,(H,12,13). The van der Waals surface area contributed by atoms with Gasteiger partial charge in [0.25, 0.3) is 5.91 Å². The van der Waals surface area contributed by atoms with Crippen molar-refractivity contribution in [1.82, 2.24) is 5.32 Å². The second-order valence-corrected chi connectivity index (χ2v) is 3.28. The summed E-state index contributed by atoms with van der Waals surface area (Å²) >= 11 is 5.84. The van der Waals surface area contributed by atoms with Crippen LogP contribution >= 0.6 is 11.6 Å². The molecule has 1 aromatic rings. The van der Waals surface area contributed by atoms with Crippen molar-refractivity contribution >= 4 is 17.5 Å². The molecular weight excluding hydrogens is 202 g/mol. The first-order valence-corrected chi connectivity index (χ1v) is 4.61. The lowest BCUT2D eigenvalue weighted by Crippen LogP contribution is -2.24. The van der Waals surface area contributed by atoms with E-state index < -0.39 is 0 Å². The lowest BCUT2D eigenvalue weighted by Gasteiger charge is -2.06. The molecule has 0 aromatic heterocycles. The van der Waals surface area contributed by atoms with E-state index in [1.165, 1.54) is 0 Å². The minimum atomic E-state index is -0.155. The van der Waals surface area contributed by atoms with Crippen LogP contribution in [0.2, 0.25) is 5.02 Å². The van der Waals surface area contributed by atoms with Crippen LogP contribution < -0.4 is 10.1 Å². The van der Waals surface area contributed by atoms with E-state index in [9.17, 15) is 4.79 Å². The Morgan fingerprint density at radius 1 is 1.57 bits per heavy atom. The SMILES string of the molecule is CNC(=O)COc1ccc(Cl)c(C)c1. The Hall–Kier alpha value is -1.22. The van der Waals surface area contributed by atoms with Crippen LogP contribution in [0.5, 0.6) is 5.75 Å². The number of benzene rings is 1. The number of carbonyl (C=O) groups is 1. The van der Waals surface area contributed by atoms with Crippen LogP contribution in [-0.4, -0.2) is 19.6 Å². The number of carbonyl (C=O) groups excluding carboxylic acids is 1. The molecule has 14 heavy (non-hydrogen) atoms. The van der Waals surface area contributed by atoms with Crippen LogP contribution in [0.1, 0.15) is 5.56 Å². The van der Waals surface area contributed by atoms with Gasteiger partial charge in [-0.05, 0) is 30.7 Å². The lowest BCUT2D eigenvalue weighted by atomic mass is 10.2. The van der Waals surface area contributed by atoms with Crippen molar-refractivity contribution in [2.24, 2.45) is 0 Å². The maximum Gasteiger partial charge on any atom is 0.257 e. The number of aryl methyl sites for hydroxylation is 1. The summed E-state index contributed by atoms with van der Waals surface area (Å²) in [7, 11) is 1.57. The number of likely N-dealkylation sites (N-methyl/N-ethyl adjacent to an activating group) is 1. The molecule has 1 rings (SSSR count). The molecule has 0 bridgehead atoms. The van der Waals surface area contributed by atoms with Crippen molar-refractivity contribution in [2.45, 2.75) is 6.92 Å². The second kappa shape index (κ2) is 4.86. The van der Waals surface area contributed by atoms with Gasteiger partial charge in [0.1, 0.15) is 5.75 Å². The van der Waals surface area contributed by atoms with E-state index in [-0.39, 0.29) is 12.5 Å². The maximum atomic E-state index is 10.9. The van der Waals surface area contributed by atoms with Gasteiger partial charge in [0, 0.05) is 12.1 Å². The van der Waals surface area contributed by atoms with Gasteiger partial charge in [0.15, 0.2) is 6.61 Å². The molecule has 1 amide bonds. The van der Waals surface area contributed by atoms with Crippen molar-refractivity contribution in [3.63, 3.8) is 0 Å². The zero-order valence-electron chi connectivity index (χ0n) is 8.13. The van der Waals surface area contributed by atoms with Gasteiger partial charge in [0.05, 0.1) is 0 Å². The van der Waals surface area contributed by atoms with Crippen molar-refractivity contribution < 1.29 is 9.53 Å². The van der Waals surface area contributed by atoms with Crippen LogP contribution in [-0.2, 0) is 4.79 Å². The van der Waals surface area contributed by atoms with E-state index in [1.807, 2.05) is 6.92 Å². The average Bonchev–Trinajstić information content (AvgIpc) is 2.19. The highest BCUT2D eigenvalue weighted by Gasteiger charge is 2.01. The van der Waals surface area contributed by atoms with E-state index in [0.29, 0.717) is 10.8 Å². The molecule has 0 aliphatic carbocycles. The highest BCUT2D eigenvalue weighted by molar-refractivity contribution is 6.31. The minimum absolute atomic E-state index is 0.0254. The molecule has 1 aromatic carbocycles. The first kappa shape index (κ1) is 10.9. The fraction of sp³-hybridized carbons (Fsp3) is 0.300. The summed E-state index contributed by atoms with van der Waals surface area (Å²) in [4.78, 5) is 10.9. The highest BCUT2D eigenvalue weighted by atomic mass is 35.5. The van der Waals surface area contributed by atoms with Crippen molar-refractivity contribution in [3.8, 4) is 5.75 Å². The summed E-state index contributed by atoms with van der Waals surface area (Å²) in [6.45, 7) is 1.91. The first-order chi connectivity index (χ1) is 6.63. The summed E-state index contributed by atoms with van der Waals surface area (Å²) in [5, 5.41) is 3.16. The van der Waals surface area contributed by atoms with E-state index in [0.717, 1.165) is 5.56 Å². The topological polar surface area (TPSA) is 38.3 Å². The summed E-state index contributed by atoms with van der Waals surface area (Å²) in [5.41, 5.74) is 0.932. The van der Waals surface area contributed by atoms with Crippen molar-refractivity contribution in [3.05, 3.63) is 28.8 Å². The van der Waals surface area contributed by atoms with Crippen molar-refractivity contribution in [1.29, 1.82) is 0 Å². The number of hydrogen-bond acceptors (Lipinski definition) is 2. The molecule has 0 unspecified atom stereocenters. The third-order valence-corrected chi connectivity index (χ3v) is 2.20. The monoisotopic (exact) mass is 213 g/mol. The molecule has 0 heterocycles. The number of rotatable bonds is 3. The summed E-state index contributed by atoms with van der Waals surface area (Å²) < 4.78 is 5.22. The average molecular weight is 214 g/mol. The molecule has 0 fully saturated rings. The van der Waals surface area contributed by atoms with Gasteiger partial charge in [-0.3, -0.25) is 4.79 Å². The fourth-order valence-corrected chi connectivity index (χ4v) is 1.05. The first-order valence-electron chi connectivity index (χ1n) is 4.23. The fourth-order valence-electron chi connectivity index (χ4n) is 0.928. The van der Waals surface area contributed by atoms with Crippen LogP contribution in [0.3, 0.4) is 0 Å². The number of halogens is 1. The van der Waals surface area contributed by atoms with Crippen LogP contribution in [0.15, 0.2) is 18.2 Å². The third-order valence-electron chi connectivity index (χ3n) is 1.78. The molecule has 0 saturated heterocycles. The van der Waals surface area contributed by atoms with E-state index in [2.05, 4.69) is 5.32 Å². The second-order valence-electron chi connectivity index (χ2n) is 2.87. The largest absolute Gasteiger partial charge is 0.484 e. The van der Waals surface area contributed by atoms with E-state index >= 15 is 0 Å². The molecule has 3 nitrogen and oxygen atoms in total. The van der Waals surface area contributed by atoms with Crippen LogP contribution in [0, 0.1) is 6.92 Å². The predicted molar refractivity (Wildman–Crippen MR) is 55.8 cm³/mol. The number of nitrogens with one attached hydrogen (secondary N) is 1. The predicted octanol–water partition coefficient (Wildman–Crippen LogP) is 1.77. The molecule has 1 N–H and O–H groups in total. The van der Waals surface area contributed by atoms with Gasteiger partial charge < -0.3 is 10.1 Å². The van der Waals surface area contributed by atoms with Gasteiger partial charge in [-0.25, -0.2) is 0 Å². The van der Waals surface area contributed by atoms with Gasteiger partial charge in [-0.2, -0.15) is 0 Å². The summed E-state index contributed by atoms with van der Waals surface area (Å²) in [6.07, 6.45) is 0. The lowest BCUT2D eigenvalue weighted by molar-refractivity contribution is -0.122. The molecular formula is C10H12ClNO2. The minimum Gasteiger partial charge on any atom is -0.484 e.